The van der Waals surface area contributed by atoms with Crippen molar-refractivity contribution < 1.29 is 14.6 Å². The fourth-order valence-corrected chi connectivity index (χ4v) is 4.24. The number of amides is 1. The summed E-state index contributed by atoms with van der Waals surface area (Å²) in [6, 6.07) is 0. The lowest BCUT2D eigenvalue weighted by atomic mass is 9.73. The van der Waals surface area contributed by atoms with Crippen molar-refractivity contribution in [1.29, 1.82) is 0 Å². The van der Waals surface area contributed by atoms with Crippen molar-refractivity contribution in [1.82, 2.24) is 5.32 Å². The molecule has 0 bridgehead atoms. The first-order valence-corrected chi connectivity index (χ1v) is 8.71. The maximum atomic E-state index is 12.3. The van der Waals surface area contributed by atoms with E-state index in [1.165, 1.54) is 0 Å². The van der Waals surface area contributed by atoms with Gasteiger partial charge in [-0.2, -0.15) is 11.8 Å². The van der Waals surface area contributed by atoms with Crippen LogP contribution in [0.4, 0.5) is 0 Å². The molecule has 1 heterocycles. The molecule has 0 aromatic rings. The first-order chi connectivity index (χ1) is 9.50. The molecule has 2 aliphatic rings. The third-order valence-electron chi connectivity index (χ3n) is 4.79. The summed E-state index contributed by atoms with van der Waals surface area (Å²) >= 11 is 1.90. The van der Waals surface area contributed by atoms with E-state index in [0.29, 0.717) is 6.54 Å². The summed E-state index contributed by atoms with van der Waals surface area (Å²) in [6.07, 6.45) is 4.99. The highest BCUT2D eigenvalue weighted by Gasteiger charge is 2.43. The number of ether oxygens (including phenoxy) is 1. The van der Waals surface area contributed by atoms with Crippen molar-refractivity contribution in [2.75, 3.05) is 25.5 Å². The Morgan fingerprint density at radius 3 is 2.60 bits per heavy atom. The van der Waals surface area contributed by atoms with Gasteiger partial charge >= 0.3 is 0 Å². The normalized spacial score (nSPS) is 25.6. The van der Waals surface area contributed by atoms with Crippen molar-refractivity contribution >= 4 is 17.7 Å². The highest BCUT2D eigenvalue weighted by molar-refractivity contribution is 8.00. The average molecular weight is 301 g/mol. The molecule has 1 saturated carbocycles. The van der Waals surface area contributed by atoms with E-state index in [-0.39, 0.29) is 16.6 Å². The highest BCUT2D eigenvalue weighted by atomic mass is 32.2. The zero-order chi connectivity index (χ0) is 14.6. The molecule has 1 atom stereocenters. The number of carbonyl (C=O) groups is 1. The molecule has 1 aliphatic heterocycles. The molecular weight excluding hydrogens is 274 g/mol. The van der Waals surface area contributed by atoms with Gasteiger partial charge in [0.15, 0.2) is 0 Å². The second kappa shape index (κ2) is 6.67. The van der Waals surface area contributed by atoms with E-state index in [4.69, 9.17) is 4.74 Å². The summed E-state index contributed by atoms with van der Waals surface area (Å²) < 4.78 is 5.52. The van der Waals surface area contributed by atoms with Crippen molar-refractivity contribution in [3.05, 3.63) is 0 Å². The molecule has 2 rings (SSSR count). The van der Waals surface area contributed by atoms with Crippen LogP contribution in [-0.4, -0.2) is 46.9 Å². The summed E-state index contributed by atoms with van der Waals surface area (Å²) in [6.45, 7) is 5.98. The molecule has 0 aromatic heterocycles. The largest absolute Gasteiger partial charge is 0.381 e. The van der Waals surface area contributed by atoms with E-state index in [1.54, 1.807) is 6.92 Å². The fraction of sp³-hybridized carbons (Fsp3) is 0.933. The molecule has 4 nitrogen and oxygen atoms in total. The van der Waals surface area contributed by atoms with Crippen molar-refractivity contribution in [3.8, 4) is 0 Å². The van der Waals surface area contributed by atoms with Crippen LogP contribution < -0.4 is 5.32 Å². The van der Waals surface area contributed by atoms with Crippen LogP contribution in [0.25, 0.3) is 0 Å². The molecule has 1 unspecified atom stereocenters. The predicted molar refractivity (Wildman–Crippen MR) is 81.9 cm³/mol. The fourth-order valence-electron chi connectivity index (χ4n) is 3.00. The summed E-state index contributed by atoms with van der Waals surface area (Å²) in [4.78, 5) is 12.3. The van der Waals surface area contributed by atoms with Gasteiger partial charge < -0.3 is 15.2 Å². The van der Waals surface area contributed by atoms with Crippen LogP contribution >= 0.6 is 11.8 Å². The van der Waals surface area contributed by atoms with E-state index in [2.05, 4.69) is 12.2 Å². The van der Waals surface area contributed by atoms with Gasteiger partial charge in [0.1, 0.15) is 5.60 Å². The maximum absolute atomic E-state index is 12.3. The van der Waals surface area contributed by atoms with Crippen LogP contribution in [0.5, 0.6) is 0 Å². The first kappa shape index (κ1) is 16.1. The summed E-state index contributed by atoms with van der Waals surface area (Å²) in [7, 11) is 0. The zero-order valence-corrected chi connectivity index (χ0v) is 13.4. The number of hydrogen-bond acceptors (Lipinski definition) is 4. The second-order valence-electron chi connectivity index (χ2n) is 6.19. The molecule has 20 heavy (non-hydrogen) atoms. The van der Waals surface area contributed by atoms with Gasteiger partial charge in [-0.05, 0) is 44.3 Å². The van der Waals surface area contributed by atoms with Gasteiger partial charge in [0.05, 0.1) is 0 Å². The Hall–Kier alpha value is -0.260. The molecule has 116 valence electrons. The molecule has 1 aliphatic carbocycles. The van der Waals surface area contributed by atoms with Crippen molar-refractivity contribution in [3.63, 3.8) is 0 Å². The standard InChI is InChI=1S/C15H27NO3S/c1-3-20-15(7-9-19-10-8-15)11-16-13(17)14(2,18)12-5-4-6-12/h12,18H,3-11H2,1-2H3,(H,16,17). The van der Waals surface area contributed by atoms with E-state index >= 15 is 0 Å². The molecule has 1 saturated heterocycles. The smallest absolute Gasteiger partial charge is 0.252 e. The topological polar surface area (TPSA) is 58.6 Å². The minimum absolute atomic E-state index is 0.0817. The van der Waals surface area contributed by atoms with Gasteiger partial charge in [0.2, 0.25) is 0 Å². The van der Waals surface area contributed by atoms with E-state index in [1.807, 2.05) is 11.8 Å². The summed E-state index contributed by atoms with van der Waals surface area (Å²) in [5.41, 5.74) is -1.21. The third-order valence-corrected chi connectivity index (χ3v) is 6.24. The quantitative estimate of drug-likeness (QED) is 0.787. The van der Waals surface area contributed by atoms with Crippen LogP contribution in [0.15, 0.2) is 0 Å². The molecule has 0 radical (unpaired) electrons. The predicted octanol–water partition coefficient (Wildman–Crippen LogP) is 1.96. The SMILES string of the molecule is CCSC1(CNC(=O)C(C)(O)C2CCC2)CCOCC1. The molecule has 5 heteroatoms. The van der Waals surface area contributed by atoms with Crippen LogP contribution in [0.1, 0.15) is 46.0 Å². The van der Waals surface area contributed by atoms with Crippen LogP contribution in [0.3, 0.4) is 0 Å². The summed E-state index contributed by atoms with van der Waals surface area (Å²) in [5.74, 6) is 0.964. The Kier molecular flexibility index (Phi) is 5.37. The highest BCUT2D eigenvalue weighted by Crippen LogP contribution is 2.37. The molecule has 2 N–H and O–H groups in total. The molecule has 0 aromatic carbocycles. The van der Waals surface area contributed by atoms with Gasteiger partial charge in [-0.15, -0.1) is 0 Å². The number of nitrogens with one attached hydrogen (secondary N) is 1. The van der Waals surface area contributed by atoms with Crippen LogP contribution in [0, 0.1) is 5.92 Å². The van der Waals surface area contributed by atoms with Crippen molar-refractivity contribution in [2.24, 2.45) is 5.92 Å². The molecule has 1 amide bonds. The van der Waals surface area contributed by atoms with Gasteiger partial charge in [0.25, 0.3) is 5.91 Å². The van der Waals surface area contributed by atoms with Gasteiger partial charge in [-0.3, -0.25) is 4.79 Å². The average Bonchev–Trinajstić information content (AvgIpc) is 2.35. The van der Waals surface area contributed by atoms with E-state index < -0.39 is 5.60 Å². The maximum Gasteiger partial charge on any atom is 0.252 e. The molecule has 2 fully saturated rings. The van der Waals surface area contributed by atoms with Gasteiger partial charge in [0, 0.05) is 24.5 Å². The Balaban J connectivity index is 1.89. The zero-order valence-electron chi connectivity index (χ0n) is 12.6. The minimum Gasteiger partial charge on any atom is -0.381 e. The Labute approximate surface area is 126 Å². The lowest BCUT2D eigenvalue weighted by molar-refractivity contribution is -0.147. The van der Waals surface area contributed by atoms with Crippen molar-refractivity contribution in [2.45, 2.75) is 56.3 Å². The number of thioether (sulfide) groups is 1. The van der Waals surface area contributed by atoms with Crippen LogP contribution in [0.2, 0.25) is 0 Å². The van der Waals surface area contributed by atoms with Gasteiger partial charge in [-0.1, -0.05) is 13.3 Å². The lowest BCUT2D eigenvalue weighted by Gasteiger charge is -2.40. The lowest BCUT2D eigenvalue weighted by Crippen LogP contribution is -2.55. The number of aliphatic hydroxyl groups is 1. The Bertz CT molecular complexity index is 331. The van der Waals surface area contributed by atoms with E-state index in [0.717, 1.165) is 51.1 Å². The monoisotopic (exact) mass is 301 g/mol. The Morgan fingerprint density at radius 1 is 1.45 bits per heavy atom. The second-order valence-corrected chi connectivity index (χ2v) is 7.92. The Morgan fingerprint density at radius 2 is 2.10 bits per heavy atom. The molecule has 0 spiro atoms. The minimum atomic E-state index is -1.21. The summed E-state index contributed by atoms with van der Waals surface area (Å²) in [5, 5.41) is 13.4. The van der Waals surface area contributed by atoms with E-state index in [9.17, 15) is 9.90 Å². The van der Waals surface area contributed by atoms with Gasteiger partial charge in [-0.25, -0.2) is 0 Å². The third kappa shape index (κ3) is 3.49. The molecular formula is C15H27NO3S. The number of carbonyl (C=O) groups excluding carboxylic acids is 1. The van der Waals surface area contributed by atoms with Crippen LogP contribution in [-0.2, 0) is 9.53 Å². The first-order valence-electron chi connectivity index (χ1n) is 7.72. The number of hydrogen-bond donors (Lipinski definition) is 2. The number of rotatable bonds is 6.